The van der Waals surface area contributed by atoms with Gasteiger partial charge in [-0.05, 0) is 36.8 Å². The third-order valence-electron chi connectivity index (χ3n) is 2.94. The first-order chi connectivity index (χ1) is 9.65. The molecule has 104 valence electrons. The molecule has 0 unspecified atom stereocenters. The minimum absolute atomic E-state index is 0.266. The first-order valence-electron chi connectivity index (χ1n) is 6.17. The van der Waals surface area contributed by atoms with Gasteiger partial charge in [-0.2, -0.15) is 0 Å². The number of rotatable bonds is 4. The quantitative estimate of drug-likeness (QED) is 0.791. The molecule has 0 saturated carbocycles. The molecule has 0 aliphatic carbocycles. The SMILES string of the molecule is COc1cccc(C=Nc2ccc(C)c(F)c2)c1OC. The fourth-order valence-electron chi connectivity index (χ4n) is 1.82. The molecule has 0 heterocycles. The molecular weight excluding hydrogens is 257 g/mol. The van der Waals surface area contributed by atoms with E-state index in [1.54, 1.807) is 39.5 Å². The first-order valence-corrected chi connectivity index (χ1v) is 6.17. The van der Waals surface area contributed by atoms with Gasteiger partial charge in [-0.15, -0.1) is 0 Å². The van der Waals surface area contributed by atoms with Gasteiger partial charge in [0.15, 0.2) is 11.5 Å². The summed E-state index contributed by atoms with van der Waals surface area (Å²) in [6.07, 6.45) is 1.63. The highest BCUT2D eigenvalue weighted by Gasteiger charge is 2.07. The van der Waals surface area contributed by atoms with Crippen LogP contribution >= 0.6 is 0 Å². The van der Waals surface area contributed by atoms with Crippen LogP contribution in [0.4, 0.5) is 10.1 Å². The zero-order chi connectivity index (χ0) is 14.5. The highest BCUT2D eigenvalue weighted by molar-refractivity contribution is 5.86. The van der Waals surface area contributed by atoms with Crippen LogP contribution in [0.2, 0.25) is 0 Å². The van der Waals surface area contributed by atoms with Crippen LogP contribution in [-0.2, 0) is 0 Å². The lowest BCUT2D eigenvalue weighted by Gasteiger charge is -2.09. The number of nitrogens with zero attached hydrogens (tertiary/aromatic N) is 1. The molecule has 3 nitrogen and oxygen atoms in total. The number of ether oxygens (including phenoxy) is 2. The number of aliphatic imine (C=N–C) groups is 1. The molecule has 0 saturated heterocycles. The van der Waals surface area contributed by atoms with E-state index in [0.717, 1.165) is 5.56 Å². The molecular formula is C16H16FNO2. The second-order valence-electron chi connectivity index (χ2n) is 4.27. The molecule has 0 aromatic heterocycles. The van der Waals surface area contributed by atoms with E-state index < -0.39 is 0 Å². The summed E-state index contributed by atoms with van der Waals surface area (Å²) in [5.74, 6) is 0.968. The van der Waals surface area contributed by atoms with E-state index in [9.17, 15) is 4.39 Å². The maximum absolute atomic E-state index is 13.5. The van der Waals surface area contributed by atoms with Gasteiger partial charge < -0.3 is 9.47 Å². The molecule has 0 spiro atoms. The lowest BCUT2D eigenvalue weighted by Crippen LogP contribution is -1.94. The molecule has 0 radical (unpaired) electrons. The zero-order valence-corrected chi connectivity index (χ0v) is 11.7. The maximum Gasteiger partial charge on any atom is 0.169 e. The van der Waals surface area contributed by atoms with Gasteiger partial charge in [0.1, 0.15) is 5.82 Å². The lowest BCUT2D eigenvalue weighted by atomic mass is 10.2. The Bertz CT molecular complexity index is 638. The molecule has 0 aliphatic rings. The highest BCUT2D eigenvalue weighted by atomic mass is 19.1. The Kier molecular flexibility index (Phi) is 4.35. The summed E-state index contributed by atoms with van der Waals surface area (Å²) in [5.41, 5.74) is 1.92. The number of aryl methyl sites for hydroxylation is 1. The summed E-state index contributed by atoms with van der Waals surface area (Å²) in [5, 5.41) is 0. The Morgan fingerprint density at radius 1 is 1.10 bits per heavy atom. The fraction of sp³-hybridized carbons (Fsp3) is 0.188. The van der Waals surface area contributed by atoms with Crippen molar-refractivity contribution in [2.45, 2.75) is 6.92 Å². The topological polar surface area (TPSA) is 30.8 Å². The van der Waals surface area contributed by atoms with Crippen molar-refractivity contribution in [2.24, 2.45) is 4.99 Å². The van der Waals surface area contributed by atoms with E-state index >= 15 is 0 Å². The summed E-state index contributed by atoms with van der Waals surface area (Å²) >= 11 is 0. The largest absolute Gasteiger partial charge is 0.493 e. The van der Waals surface area contributed by atoms with Gasteiger partial charge >= 0.3 is 0 Å². The van der Waals surface area contributed by atoms with Crippen molar-refractivity contribution in [1.29, 1.82) is 0 Å². The van der Waals surface area contributed by atoms with Crippen molar-refractivity contribution >= 4 is 11.9 Å². The van der Waals surface area contributed by atoms with Crippen molar-refractivity contribution in [2.75, 3.05) is 14.2 Å². The van der Waals surface area contributed by atoms with Crippen LogP contribution in [-0.4, -0.2) is 20.4 Å². The second kappa shape index (κ2) is 6.19. The van der Waals surface area contributed by atoms with Crippen LogP contribution in [0.15, 0.2) is 41.4 Å². The third-order valence-corrected chi connectivity index (χ3v) is 2.94. The van der Waals surface area contributed by atoms with E-state index in [1.807, 2.05) is 18.2 Å². The molecule has 0 bridgehead atoms. The third kappa shape index (κ3) is 2.96. The summed E-state index contributed by atoms with van der Waals surface area (Å²) in [4.78, 5) is 4.26. The molecule has 4 heteroatoms. The zero-order valence-electron chi connectivity index (χ0n) is 11.7. The Morgan fingerprint density at radius 2 is 1.90 bits per heavy atom. The van der Waals surface area contributed by atoms with E-state index in [4.69, 9.17) is 9.47 Å². The molecule has 0 aliphatic heterocycles. The Labute approximate surface area is 117 Å². The predicted octanol–water partition coefficient (Wildman–Crippen LogP) is 3.90. The molecule has 0 amide bonds. The van der Waals surface area contributed by atoms with E-state index in [0.29, 0.717) is 22.7 Å². The van der Waals surface area contributed by atoms with Crippen molar-refractivity contribution in [1.82, 2.24) is 0 Å². The van der Waals surface area contributed by atoms with E-state index in [1.165, 1.54) is 6.07 Å². The summed E-state index contributed by atoms with van der Waals surface area (Å²) in [7, 11) is 3.15. The van der Waals surface area contributed by atoms with Crippen LogP contribution < -0.4 is 9.47 Å². The summed E-state index contributed by atoms with van der Waals surface area (Å²) in [6.45, 7) is 1.72. The standard InChI is InChI=1S/C16H16FNO2/c1-11-7-8-13(9-14(11)17)18-10-12-5-4-6-15(19-2)16(12)20-3/h4-10H,1-3H3. The van der Waals surface area contributed by atoms with Crippen molar-refractivity contribution in [3.05, 3.63) is 53.3 Å². The van der Waals surface area contributed by atoms with Crippen LogP contribution in [0, 0.1) is 12.7 Å². The number of hydrogen-bond donors (Lipinski definition) is 0. The van der Waals surface area contributed by atoms with Crippen LogP contribution in [0.1, 0.15) is 11.1 Å². The van der Waals surface area contributed by atoms with Gasteiger partial charge in [0, 0.05) is 11.8 Å². The molecule has 0 N–H and O–H groups in total. The number of methoxy groups -OCH3 is 2. The highest BCUT2D eigenvalue weighted by Crippen LogP contribution is 2.30. The smallest absolute Gasteiger partial charge is 0.169 e. The fourth-order valence-corrected chi connectivity index (χ4v) is 1.82. The Morgan fingerprint density at radius 3 is 2.55 bits per heavy atom. The minimum atomic E-state index is -0.266. The average molecular weight is 273 g/mol. The van der Waals surface area contributed by atoms with Crippen molar-refractivity contribution < 1.29 is 13.9 Å². The summed E-state index contributed by atoms with van der Waals surface area (Å²) < 4.78 is 24.0. The monoisotopic (exact) mass is 273 g/mol. The van der Waals surface area contributed by atoms with Crippen LogP contribution in [0.25, 0.3) is 0 Å². The van der Waals surface area contributed by atoms with Crippen molar-refractivity contribution in [3.8, 4) is 11.5 Å². The first kappa shape index (κ1) is 14.1. The van der Waals surface area contributed by atoms with E-state index in [-0.39, 0.29) is 5.82 Å². The van der Waals surface area contributed by atoms with Crippen molar-refractivity contribution in [3.63, 3.8) is 0 Å². The average Bonchev–Trinajstić information content (AvgIpc) is 2.47. The minimum Gasteiger partial charge on any atom is -0.493 e. The normalized spacial score (nSPS) is 10.8. The maximum atomic E-state index is 13.5. The predicted molar refractivity (Wildman–Crippen MR) is 77.9 cm³/mol. The lowest BCUT2D eigenvalue weighted by molar-refractivity contribution is 0.354. The number of para-hydroxylation sites is 1. The summed E-state index contributed by atoms with van der Waals surface area (Å²) in [6, 6.07) is 10.4. The number of halogens is 1. The van der Waals surface area contributed by atoms with Crippen LogP contribution in [0.3, 0.4) is 0 Å². The molecule has 2 aromatic carbocycles. The van der Waals surface area contributed by atoms with Gasteiger partial charge in [0.2, 0.25) is 0 Å². The second-order valence-corrected chi connectivity index (χ2v) is 4.27. The number of hydrogen-bond acceptors (Lipinski definition) is 3. The van der Waals surface area contributed by atoms with Gasteiger partial charge in [0.25, 0.3) is 0 Å². The van der Waals surface area contributed by atoms with Gasteiger partial charge in [-0.3, -0.25) is 4.99 Å². The van der Waals surface area contributed by atoms with Gasteiger partial charge in [0.05, 0.1) is 19.9 Å². The van der Waals surface area contributed by atoms with Crippen LogP contribution in [0.5, 0.6) is 11.5 Å². The van der Waals surface area contributed by atoms with E-state index in [2.05, 4.69) is 4.99 Å². The van der Waals surface area contributed by atoms with Gasteiger partial charge in [-0.25, -0.2) is 4.39 Å². The molecule has 2 rings (SSSR count). The van der Waals surface area contributed by atoms with Gasteiger partial charge in [-0.1, -0.05) is 12.1 Å². The molecule has 0 fully saturated rings. The molecule has 20 heavy (non-hydrogen) atoms. The Balaban J connectivity index is 2.33. The molecule has 0 atom stereocenters. The number of benzene rings is 2. The Hall–Kier alpha value is -2.36. The molecule has 2 aromatic rings.